The van der Waals surface area contributed by atoms with Crippen LogP contribution in [0.2, 0.25) is 5.02 Å². The fourth-order valence-corrected chi connectivity index (χ4v) is 4.95. The Hall–Kier alpha value is -2.78. The normalized spacial score (nSPS) is 12.9. The maximum atomic E-state index is 13.4. The highest BCUT2D eigenvalue weighted by molar-refractivity contribution is 7.92. The van der Waals surface area contributed by atoms with Crippen LogP contribution < -0.4 is 14.4 Å². The van der Waals surface area contributed by atoms with Gasteiger partial charge in [0.15, 0.2) is 0 Å². The highest BCUT2D eigenvalue weighted by Gasteiger charge is 2.28. The average Bonchev–Trinajstić information content (AvgIpc) is 2.85. The van der Waals surface area contributed by atoms with E-state index in [-0.39, 0.29) is 43.8 Å². The molecule has 204 valence electrons. The number of carbonyl (C=O) groups excluding carboxylic acids is 2. The molecule has 0 bridgehead atoms. The van der Waals surface area contributed by atoms with Gasteiger partial charge in [0.25, 0.3) is 0 Å². The maximum absolute atomic E-state index is 13.4. The third-order valence-electron chi connectivity index (χ3n) is 6.05. The van der Waals surface area contributed by atoms with Gasteiger partial charge in [0.1, 0.15) is 11.8 Å². The molecule has 2 atom stereocenters. The van der Waals surface area contributed by atoms with Gasteiger partial charge >= 0.3 is 0 Å². The van der Waals surface area contributed by atoms with E-state index < -0.39 is 16.1 Å². The monoisotopic (exact) mass is 551 g/mol. The second-order valence-corrected chi connectivity index (χ2v) is 11.3. The second-order valence-electron chi connectivity index (χ2n) is 8.95. The topological polar surface area (TPSA) is 96.0 Å². The summed E-state index contributed by atoms with van der Waals surface area (Å²) in [5.41, 5.74) is 1.15. The Morgan fingerprint density at radius 2 is 1.70 bits per heavy atom. The quantitative estimate of drug-likeness (QED) is 0.370. The molecule has 0 aromatic heterocycles. The molecular weight excluding hydrogens is 514 g/mol. The molecule has 0 saturated heterocycles. The summed E-state index contributed by atoms with van der Waals surface area (Å²) in [7, 11) is -3.63. The molecule has 2 rings (SSSR count). The van der Waals surface area contributed by atoms with Crippen LogP contribution in [0.25, 0.3) is 0 Å². The molecule has 1 N–H and O–H groups in total. The molecule has 0 fully saturated rings. The minimum atomic E-state index is -3.63. The number of nitrogens with one attached hydrogen (secondary N) is 1. The summed E-state index contributed by atoms with van der Waals surface area (Å²) < 4.78 is 32.1. The SMILES string of the molecule is CCOc1ccccc1N(CCCC(=O)N(Cc1ccccc1Cl)C(C)C(=O)NC(C)CC)S(C)(=O)=O. The van der Waals surface area contributed by atoms with Crippen LogP contribution in [0, 0.1) is 0 Å². The van der Waals surface area contributed by atoms with Gasteiger partial charge in [-0.25, -0.2) is 8.42 Å². The molecule has 2 amide bonds. The van der Waals surface area contributed by atoms with E-state index in [2.05, 4.69) is 5.32 Å². The van der Waals surface area contributed by atoms with Gasteiger partial charge in [-0.15, -0.1) is 0 Å². The number of nitrogens with zero attached hydrogens (tertiary/aromatic N) is 2. The molecule has 37 heavy (non-hydrogen) atoms. The van der Waals surface area contributed by atoms with Crippen molar-refractivity contribution in [3.05, 3.63) is 59.1 Å². The van der Waals surface area contributed by atoms with Crippen LogP contribution in [0.1, 0.15) is 52.5 Å². The Labute approximate surface area is 226 Å². The minimum Gasteiger partial charge on any atom is -0.492 e. The number of para-hydroxylation sites is 2. The van der Waals surface area contributed by atoms with E-state index in [4.69, 9.17) is 16.3 Å². The van der Waals surface area contributed by atoms with Crippen molar-refractivity contribution in [2.24, 2.45) is 0 Å². The summed E-state index contributed by atoms with van der Waals surface area (Å²) in [4.78, 5) is 27.8. The third kappa shape index (κ3) is 8.93. The molecule has 0 aliphatic heterocycles. The van der Waals surface area contributed by atoms with Gasteiger partial charge in [0.05, 0.1) is 18.6 Å². The Bertz CT molecular complexity index is 1160. The summed E-state index contributed by atoms with van der Waals surface area (Å²) in [6.07, 6.45) is 2.20. The molecule has 8 nitrogen and oxygen atoms in total. The summed E-state index contributed by atoms with van der Waals surface area (Å²) in [6.45, 7) is 8.03. The zero-order valence-electron chi connectivity index (χ0n) is 22.2. The Balaban J connectivity index is 2.22. The molecule has 0 spiro atoms. The largest absolute Gasteiger partial charge is 0.492 e. The van der Waals surface area contributed by atoms with E-state index in [1.807, 2.05) is 32.9 Å². The van der Waals surface area contributed by atoms with Crippen LogP contribution in [0.15, 0.2) is 48.5 Å². The van der Waals surface area contributed by atoms with Crippen molar-refractivity contribution in [1.29, 1.82) is 0 Å². The first-order valence-corrected chi connectivity index (χ1v) is 14.7. The first-order chi connectivity index (χ1) is 17.5. The van der Waals surface area contributed by atoms with Gasteiger partial charge in [-0.2, -0.15) is 0 Å². The molecule has 0 heterocycles. The minimum absolute atomic E-state index is 0.0269. The van der Waals surface area contributed by atoms with E-state index in [1.165, 1.54) is 9.21 Å². The molecule has 0 aliphatic carbocycles. The van der Waals surface area contributed by atoms with Crippen molar-refractivity contribution < 1.29 is 22.7 Å². The standard InChI is InChI=1S/C27H38ClN3O5S/c1-6-20(3)29-27(33)21(4)30(19-22-13-8-9-14-23(22)28)26(32)17-12-18-31(37(5,34)35)24-15-10-11-16-25(24)36-7-2/h8-11,13-16,20-21H,6-7,12,17-19H2,1-5H3,(H,29,33). The molecule has 0 saturated carbocycles. The zero-order chi connectivity index (χ0) is 27.6. The van der Waals surface area contributed by atoms with Crippen molar-refractivity contribution in [3.63, 3.8) is 0 Å². The first-order valence-electron chi connectivity index (χ1n) is 12.5. The zero-order valence-corrected chi connectivity index (χ0v) is 23.8. The van der Waals surface area contributed by atoms with Gasteiger partial charge in [0, 0.05) is 30.6 Å². The number of hydrogen-bond acceptors (Lipinski definition) is 5. The summed E-state index contributed by atoms with van der Waals surface area (Å²) in [5, 5.41) is 3.44. The Morgan fingerprint density at radius 3 is 2.32 bits per heavy atom. The first kappa shape index (κ1) is 30.4. The van der Waals surface area contributed by atoms with Crippen molar-refractivity contribution in [3.8, 4) is 5.75 Å². The lowest BCUT2D eigenvalue weighted by Crippen LogP contribution is -2.49. The van der Waals surface area contributed by atoms with Crippen LogP contribution >= 0.6 is 11.6 Å². The molecule has 2 unspecified atom stereocenters. The lowest BCUT2D eigenvalue weighted by Gasteiger charge is -2.30. The van der Waals surface area contributed by atoms with Crippen molar-refractivity contribution >= 4 is 39.1 Å². The molecule has 0 radical (unpaired) electrons. The fraction of sp³-hybridized carbons (Fsp3) is 0.481. The summed E-state index contributed by atoms with van der Waals surface area (Å²) in [5.74, 6) is -0.0612. The Kier molecular flexibility index (Phi) is 11.7. The van der Waals surface area contributed by atoms with Crippen LogP contribution in [0.5, 0.6) is 5.75 Å². The van der Waals surface area contributed by atoms with Gasteiger partial charge in [-0.05, 0) is 57.4 Å². The summed E-state index contributed by atoms with van der Waals surface area (Å²) in [6, 6.07) is 13.3. The average molecular weight is 552 g/mol. The predicted octanol–water partition coefficient (Wildman–Crippen LogP) is 4.62. The Morgan fingerprint density at radius 1 is 1.05 bits per heavy atom. The number of carbonyl (C=O) groups is 2. The lowest BCUT2D eigenvalue weighted by molar-refractivity contribution is -0.140. The number of hydrogen-bond donors (Lipinski definition) is 1. The van der Waals surface area contributed by atoms with Crippen LogP contribution in [-0.4, -0.2) is 56.6 Å². The maximum Gasteiger partial charge on any atom is 0.242 e. The highest BCUT2D eigenvalue weighted by Crippen LogP contribution is 2.30. The fourth-order valence-electron chi connectivity index (χ4n) is 3.78. The van der Waals surface area contributed by atoms with Gasteiger partial charge in [0.2, 0.25) is 21.8 Å². The number of benzene rings is 2. The second kappa shape index (κ2) is 14.2. The number of anilines is 1. The lowest BCUT2D eigenvalue weighted by atomic mass is 10.1. The van der Waals surface area contributed by atoms with Crippen LogP contribution in [0.4, 0.5) is 5.69 Å². The van der Waals surface area contributed by atoms with E-state index in [0.717, 1.165) is 18.2 Å². The molecule has 2 aromatic rings. The van der Waals surface area contributed by atoms with Gasteiger partial charge < -0.3 is 15.0 Å². The number of ether oxygens (including phenoxy) is 1. The van der Waals surface area contributed by atoms with Crippen LogP contribution in [0.3, 0.4) is 0 Å². The van der Waals surface area contributed by atoms with Crippen LogP contribution in [-0.2, 0) is 26.2 Å². The third-order valence-corrected chi connectivity index (χ3v) is 7.60. The number of rotatable bonds is 14. The smallest absolute Gasteiger partial charge is 0.242 e. The van der Waals surface area contributed by atoms with Gasteiger partial charge in [-0.3, -0.25) is 13.9 Å². The number of amides is 2. The van der Waals surface area contributed by atoms with E-state index in [0.29, 0.717) is 23.1 Å². The van der Waals surface area contributed by atoms with Crippen molar-refractivity contribution in [1.82, 2.24) is 10.2 Å². The molecule has 10 heteroatoms. The van der Waals surface area contributed by atoms with Gasteiger partial charge in [-0.1, -0.05) is 48.9 Å². The van der Waals surface area contributed by atoms with E-state index in [9.17, 15) is 18.0 Å². The summed E-state index contributed by atoms with van der Waals surface area (Å²) >= 11 is 6.34. The highest BCUT2D eigenvalue weighted by atomic mass is 35.5. The molecular formula is C27H38ClN3O5S. The number of halogens is 1. The van der Waals surface area contributed by atoms with E-state index in [1.54, 1.807) is 43.3 Å². The molecule has 0 aliphatic rings. The van der Waals surface area contributed by atoms with Crippen molar-refractivity contribution in [2.75, 3.05) is 23.7 Å². The number of sulfonamides is 1. The van der Waals surface area contributed by atoms with E-state index >= 15 is 0 Å². The predicted molar refractivity (Wildman–Crippen MR) is 148 cm³/mol. The van der Waals surface area contributed by atoms with Crippen molar-refractivity contribution in [2.45, 2.75) is 65.6 Å². The molecule has 2 aromatic carbocycles.